The average molecular weight is 237 g/mol. The first-order chi connectivity index (χ1) is 5.19. The summed E-state index contributed by atoms with van der Waals surface area (Å²) in [6.45, 7) is 0. The lowest BCUT2D eigenvalue weighted by Crippen LogP contribution is -2.29. The predicted molar refractivity (Wildman–Crippen MR) is 45.5 cm³/mol. The normalized spacial score (nSPS) is 15.9. The van der Waals surface area contributed by atoms with Gasteiger partial charge >= 0.3 is 0 Å². The van der Waals surface area contributed by atoms with Crippen molar-refractivity contribution in [3.63, 3.8) is 0 Å². The van der Waals surface area contributed by atoms with Crippen molar-refractivity contribution in [3.05, 3.63) is 0 Å². The third kappa shape index (κ3) is 3.70. The van der Waals surface area contributed by atoms with Gasteiger partial charge in [-0.3, -0.25) is 4.55 Å². The number of rotatable bonds is 4. The number of alkyl halides is 1. The Labute approximate surface area is 76.4 Å². The Kier molecular flexibility index (Phi) is 3.95. The van der Waals surface area contributed by atoms with Crippen molar-refractivity contribution >= 4 is 31.6 Å². The molecule has 0 fully saturated rings. The fourth-order valence-electron chi connectivity index (χ4n) is 0.673. The largest absolute Gasteiger partial charge is 0.285 e. The van der Waals surface area contributed by atoms with Crippen molar-refractivity contribution in [2.75, 3.05) is 12.1 Å². The highest BCUT2D eigenvalue weighted by atomic mass is 35.5. The first-order valence-electron chi connectivity index (χ1n) is 2.90. The maximum Gasteiger partial charge on any atom is 0.282 e. The Morgan fingerprint density at radius 3 is 1.83 bits per heavy atom. The van der Waals surface area contributed by atoms with Gasteiger partial charge in [0.2, 0.25) is 0 Å². The van der Waals surface area contributed by atoms with Gasteiger partial charge in [-0.1, -0.05) is 0 Å². The molecule has 12 heavy (non-hydrogen) atoms. The molecule has 1 unspecified atom stereocenters. The minimum atomic E-state index is -4.56. The van der Waals surface area contributed by atoms with Gasteiger partial charge in [0.15, 0.2) is 14.4 Å². The van der Waals surface area contributed by atoms with Crippen molar-refractivity contribution in [1.82, 2.24) is 0 Å². The number of hydrogen-bond acceptors (Lipinski definition) is 4. The van der Waals surface area contributed by atoms with E-state index in [2.05, 4.69) is 0 Å². The standard InChI is InChI=1S/C4H9ClO5S2/c1-11(6,7)4(2-3-5)12(8,9)10/h4H,2-3H2,1H3,(H,8,9,10). The molecule has 0 radical (unpaired) electrons. The molecule has 0 saturated heterocycles. The van der Waals surface area contributed by atoms with Crippen LogP contribution in [0.2, 0.25) is 0 Å². The van der Waals surface area contributed by atoms with Crippen LogP contribution >= 0.6 is 11.6 Å². The summed E-state index contributed by atoms with van der Waals surface area (Å²) in [5.74, 6) is -0.141. The maximum atomic E-state index is 10.8. The van der Waals surface area contributed by atoms with Crippen LogP contribution in [0.1, 0.15) is 6.42 Å². The molecule has 1 N–H and O–H groups in total. The molecular weight excluding hydrogens is 228 g/mol. The maximum absolute atomic E-state index is 10.8. The first-order valence-corrected chi connectivity index (χ1v) is 6.90. The molecule has 0 aliphatic rings. The van der Waals surface area contributed by atoms with Crippen LogP contribution in [0.25, 0.3) is 0 Å². The molecule has 0 aromatic heterocycles. The second kappa shape index (κ2) is 3.91. The molecule has 0 spiro atoms. The molecule has 1 atom stereocenters. The Morgan fingerprint density at radius 1 is 1.33 bits per heavy atom. The lowest BCUT2D eigenvalue weighted by atomic mass is 10.6. The van der Waals surface area contributed by atoms with Crippen LogP contribution < -0.4 is 0 Å². The minimum absolute atomic E-state index is 0.141. The van der Waals surface area contributed by atoms with Gasteiger partial charge in [0.1, 0.15) is 0 Å². The third-order valence-corrected chi connectivity index (χ3v) is 5.24. The van der Waals surface area contributed by atoms with E-state index in [1.807, 2.05) is 0 Å². The molecule has 0 aromatic rings. The van der Waals surface area contributed by atoms with Crippen molar-refractivity contribution in [2.45, 2.75) is 11.0 Å². The molecule has 8 heteroatoms. The molecule has 0 aromatic carbocycles. The van der Waals surface area contributed by atoms with E-state index < -0.39 is 24.5 Å². The highest BCUT2D eigenvalue weighted by molar-refractivity contribution is 8.06. The number of hydrogen-bond donors (Lipinski definition) is 1. The highest BCUT2D eigenvalue weighted by Crippen LogP contribution is 2.11. The topological polar surface area (TPSA) is 88.5 Å². The van der Waals surface area contributed by atoms with Gasteiger partial charge < -0.3 is 0 Å². The van der Waals surface area contributed by atoms with Gasteiger partial charge in [-0.2, -0.15) is 8.42 Å². The lowest BCUT2D eigenvalue weighted by Gasteiger charge is -2.08. The zero-order valence-corrected chi connectivity index (χ0v) is 8.66. The molecule has 74 valence electrons. The molecule has 5 nitrogen and oxygen atoms in total. The van der Waals surface area contributed by atoms with Crippen LogP contribution in [0.15, 0.2) is 0 Å². The number of halogens is 1. The van der Waals surface area contributed by atoms with Crippen molar-refractivity contribution < 1.29 is 21.4 Å². The van der Waals surface area contributed by atoms with Crippen LogP contribution in [-0.4, -0.2) is 38.1 Å². The van der Waals surface area contributed by atoms with Crippen LogP contribution in [0.4, 0.5) is 0 Å². The molecule has 0 bridgehead atoms. The number of sulfone groups is 1. The summed E-state index contributed by atoms with van der Waals surface area (Å²) in [5, 5.41) is 0. The monoisotopic (exact) mass is 236 g/mol. The van der Waals surface area contributed by atoms with E-state index in [4.69, 9.17) is 16.2 Å². The quantitative estimate of drug-likeness (QED) is 0.543. The Bertz CT molecular complexity index is 296. The summed E-state index contributed by atoms with van der Waals surface area (Å²) in [7, 11) is -8.36. The summed E-state index contributed by atoms with van der Waals surface area (Å²) in [6.07, 6.45) is 0.428. The van der Waals surface area contributed by atoms with E-state index in [1.54, 1.807) is 0 Å². The van der Waals surface area contributed by atoms with Crippen molar-refractivity contribution in [2.24, 2.45) is 0 Å². The average Bonchev–Trinajstić information content (AvgIpc) is 1.77. The fraction of sp³-hybridized carbons (Fsp3) is 1.00. The summed E-state index contributed by atoms with van der Waals surface area (Å²) >= 11 is 5.17. The Morgan fingerprint density at radius 2 is 1.75 bits per heavy atom. The molecule has 0 amide bonds. The van der Waals surface area contributed by atoms with E-state index >= 15 is 0 Å². The summed E-state index contributed by atoms with van der Waals surface area (Å²) < 4.78 is 49.2. The molecule has 0 rings (SSSR count). The van der Waals surface area contributed by atoms with Crippen LogP contribution in [0.3, 0.4) is 0 Å². The van der Waals surface area contributed by atoms with Crippen molar-refractivity contribution in [3.8, 4) is 0 Å². The highest BCUT2D eigenvalue weighted by Gasteiger charge is 2.32. The van der Waals surface area contributed by atoms with Crippen molar-refractivity contribution in [1.29, 1.82) is 0 Å². The zero-order valence-electron chi connectivity index (χ0n) is 6.27. The van der Waals surface area contributed by atoms with Gasteiger partial charge in [-0.25, -0.2) is 8.42 Å². The van der Waals surface area contributed by atoms with Gasteiger partial charge in [0, 0.05) is 12.1 Å². The van der Waals surface area contributed by atoms with Gasteiger partial charge in [-0.15, -0.1) is 11.6 Å². The van der Waals surface area contributed by atoms with Gasteiger partial charge in [-0.05, 0) is 6.42 Å². The zero-order chi connectivity index (χ0) is 9.99. The second-order valence-electron chi connectivity index (χ2n) is 2.25. The fourth-order valence-corrected chi connectivity index (χ4v) is 3.88. The second-order valence-corrected chi connectivity index (χ2v) is 6.76. The predicted octanol–water partition coefficient (Wildman–Crippen LogP) is -0.126. The Balaban J connectivity index is 4.97. The van der Waals surface area contributed by atoms with E-state index in [0.717, 1.165) is 6.26 Å². The molecule has 0 aliphatic carbocycles. The summed E-state index contributed by atoms with van der Waals surface area (Å²) in [6, 6.07) is 0. The molecular formula is C4H9ClO5S2. The van der Waals surface area contributed by atoms with E-state index in [1.165, 1.54) is 0 Å². The third-order valence-electron chi connectivity index (χ3n) is 1.15. The van der Waals surface area contributed by atoms with E-state index in [0.29, 0.717) is 0 Å². The summed E-state index contributed by atoms with van der Waals surface area (Å²) in [4.78, 5) is 0. The molecule has 0 saturated carbocycles. The van der Waals surface area contributed by atoms with Gasteiger partial charge in [0.05, 0.1) is 0 Å². The smallest absolute Gasteiger partial charge is 0.282 e. The van der Waals surface area contributed by atoms with Crippen LogP contribution in [0.5, 0.6) is 0 Å². The lowest BCUT2D eigenvalue weighted by molar-refractivity contribution is 0.475. The van der Waals surface area contributed by atoms with Gasteiger partial charge in [0.25, 0.3) is 10.1 Å². The molecule has 0 aliphatic heterocycles. The Hall–Kier alpha value is 0.150. The summed E-state index contributed by atoms with van der Waals surface area (Å²) in [5.41, 5.74) is 0. The van der Waals surface area contributed by atoms with Crippen LogP contribution in [0, 0.1) is 0 Å². The first kappa shape index (κ1) is 12.2. The van der Waals surface area contributed by atoms with E-state index in [-0.39, 0.29) is 12.3 Å². The molecule has 0 heterocycles. The minimum Gasteiger partial charge on any atom is -0.285 e. The SMILES string of the molecule is CS(=O)(=O)C(CCCl)S(=O)(=O)O. The van der Waals surface area contributed by atoms with Crippen LogP contribution in [-0.2, 0) is 20.0 Å². The van der Waals surface area contributed by atoms with E-state index in [9.17, 15) is 16.8 Å².